The van der Waals surface area contributed by atoms with Crippen LogP contribution in [-0.2, 0) is 9.53 Å². The number of methoxy groups -OCH3 is 1. The zero-order valence-electron chi connectivity index (χ0n) is 14.7. The summed E-state index contributed by atoms with van der Waals surface area (Å²) in [6, 6.07) is 9.09. The van der Waals surface area contributed by atoms with Crippen LogP contribution in [0.5, 0.6) is 0 Å². The van der Waals surface area contributed by atoms with Crippen molar-refractivity contribution in [3.05, 3.63) is 47.3 Å². The van der Waals surface area contributed by atoms with Gasteiger partial charge in [0.1, 0.15) is 6.54 Å². The van der Waals surface area contributed by atoms with Gasteiger partial charge in [-0.3, -0.25) is 9.59 Å². The summed E-state index contributed by atoms with van der Waals surface area (Å²) in [5.74, 6) is -0.633. The number of aryl methyl sites for hydroxylation is 2. The summed E-state index contributed by atoms with van der Waals surface area (Å²) in [4.78, 5) is 25.7. The zero-order valence-corrected chi connectivity index (χ0v) is 14.7. The van der Waals surface area contributed by atoms with Gasteiger partial charge in [-0.05, 0) is 58.0 Å². The van der Waals surface area contributed by atoms with Crippen molar-refractivity contribution in [1.29, 1.82) is 0 Å². The molecule has 1 aromatic carbocycles. The summed E-state index contributed by atoms with van der Waals surface area (Å²) in [6.45, 7) is 7.59. The molecule has 0 N–H and O–H groups in total. The van der Waals surface area contributed by atoms with Crippen LogP contribution >= 0.6 is 0 Å². The van der Waals surface area contributed by atoms with Gasteiger partial charge in [-0.15, -0.1) is 0 Å². The molecule has 0 aliphatic rings. The maximum atomic E-state index is 12.7. The average Bonchev–Trinajstić information content (AvgIpc) is 2.90. The molecule has 0 atom stereocenters. The standard InChI is InChI=1S/C18H23N3O3/c1-12(2)20(11-17(22)24-5)18(23)15-6-8-16(9-7-15)21-14(4)10-13(3)19-21/h6-10,12H,11H2,1-5H3. The quantitative estimate of drug-likeness (QED) is 0.791. The Morgan fingerprint density at radius 3 is 2.29 bits per heavy atom. The maximum Gasteiger partial charge on any atom is 0.325 e. The van der Waals surface area contributed by atoms with Crippen molar-refractivity contribution < 1.29 is 14.3 Å². The van der Waals surface area contributed by atoms with Gasteiger partial charge < -0.3 is 9.64 Å². The summed E-state index contributed by atoms with van der Waals surface area (Å²) in [5, 5.41) is 4.43. The number of carbonyl (C=O) groups excluding carboxylic acids is 2. The largest absolute Gasteiger partial charge is 0.468 e. The van der Waals surface area contributed by atoms with Crippen LogP contribution in [0.1, 0.15) is 35.6 Å². The molecule has 2 aromatic rings. The molecular formula is C18H23N3O3. The monoisotopic (exact) mass is 329 g/mol. The fraction of sp³-hybridized carbons (Fsp3) is 0.389. The fourth-order valence-corrected chi connectivity index (χ4v) is 2.49. The number of amides is 1. The third-order valence-corrected chi connectivity index (χ3v) is 3.78. The van der Waals surface area contributed by atoms with Crippen LogP contribution in [0.25, 0.3) is 5.69 Å². The third kappa shape index (κ3) is 3.82. The number of nitrogens with zero attached hydrogens (tertiary/aromatic N) is 3. The smallest absolute Gasteiger partial charge is 0.325 e. The highest BCUT2D eigenvalue weighted by molar-refractivity contribution is 5.96. The van der Waals surface area contributed by atoms with Crippen LogP contribution in [0.4, 0.5) is 0 Å². The van der Waals surface area contributed by atoms with Crippen LogP contribution in [0.3, 0.4) is 0 Å². The number of hydrogen-bond acceptors (Lipinski definition) is 4. The molecule has 128 valence electrons. The van der Waals surface area contributed by atoms with Gasteiger partial charge in [-0.1, -0.05) is 0 Å². The Morgan fingerprint density at radius 1 is 1.21 bits per heavy atom. The fourth-order valence-electron chi connectivity index (χ4n) is 2.49. The van der Waals surface area contributed by atoms with Crippen molar-refractivity contribution in [3.8, 4) is 5.69 Å². The third-order valence-electron chi connectivity index (χ3n) is 3.78. The second-order valence-corrected chi connectivity index (χ2v) is 5.99. The van der Waals surface area contributed by atoms with Gasteiger partial charge in [-0.2, -0.15) is 5.10 Å². The van der Waals surface area contributed by atoms with Gasteiger partial charge in [0.2, 0.25) is 0 Å². The summed E-state index contributed by atoms with van der Waals surface area (Å²) < 4.78 is 6.50. The van der Waals surface area contributed by atoms with Crippen LogP contribution < -0.4 is 0 Å². The predicted octanol–water partition coefficient (Wildman–Crippen LogP) is 2.51. The first-order chi connectivity index (χ1) is 11.3. The average molecular weight is 329 g/mol. The van der Waals surface area contributed by atoms with E-state index in [1.165, 1.54) is 12.0 Å². The number of esters is 1. The van der Waals surface area contributed by atoms with E-state index in [1.807, 2.05) is 50.6 Å². The minimum Gasteiger partial charge on any atom is -0.468 e. The molecule has 0 unspecified atom stereocenters. The van der Waals surface area contributed by atoms with Crippen molar-refractivity contribution >= 4 is 11.9 Å². The number of ether oxygens (including phenoxy) is 1. The first kappa shape index (κ1) is 17.7. The zero-order chi connectivity index (χ0) is 17.9. The Morgan fingerprint density at radius 2 is 1.83 bits per heavy atom. The van der Waals surface area contributed by atoms with Gasteiger partial charge in [0.05, 0.1) is 18.5 Å². The Bertz CT molecular complexity index is 732. The first-order valence-electron chi connectivity index (χ1n) is 7.85. The van der Waals surface area contributed by atoms with Crippen LogP contribution in [0.15, 0.2) is 30.3 Å². The van der Waals surface area contributed by atoms with E-state index in [0.717, 1.165) is 17.1 Å². The van der Waals surface area contributed by atoms with E-state index < -0.39 is 5.97 Å². The lowest BCUT2D eigenvalue weighted by Crippen LogP contribution is -2.41. The molecule has 1 heterocycles. The molecular weight excluding hydrogens is 306 g/mol. The van der Waals surface area contributed by atoms with E-state index in [-0.39, 0.29) is 18.5 Å². The topological polar surface area (TPSA) is 64.4 Å². The van der Waals surface area contributed by atoms with E-state index in [2.05, 4.69) is 9.84 Å². The normalized spacial score (nSPS) is 10.8. The van der Waals surface area contributed by atoms with E-state index >= 15 is 0 Å². The minimum absolute atomic E-state index is 0.0633. The van der Waals surface area contributed by atoms with E-state index in [1.54, 1.807) is 12.1 Å². The second-order valence-electron chi connectivity index (χ2n) is 5.99. The summed E-state index contributed by atoms with van der Waals surface area (Å²) in [6.07, 6.45) is 0. The molecule has 0 saturated heterocycles. The molecule has 6 nitrogen and oxygen atoms in total. The van der Waals surface area contributed by atoms with Crippen molar-refractivity contribution in [1.82, 2.24) is 14.7 Å². The lowest BCUT2D eigenvalue weighted by molar-refractivity contribution is -0.141. The lowest BCUT2D eigenvalue weighted by Gasteiger charge is -2.25. The molecule has 24 heavy (non-hydrogen) atoms. The van der Waals surface area contributed by atoms with Crippen molar-refractivity contribution in [3.63, 3.8) is 0 Å². The SMILES string of the molecule is COC(=O)CN(C(=O)c1ccc(-n2nc(C)cc2C)cc1)C(C)C. The number of carbonyl (C=O) groups is 2. The van der Waals surface area contributed by atoms with Crippen LogP contribution in [0, 0.1) is 13.8 Å². The molecule has 0 saturated carbocycles. The number of aromatic nitrogens is 2. The van der Waals surface area contributed by atoms with Gasteiger partial charge >= 0.3 is 5.97 Å². The molecule has 6 heteroatoms. The van der Waals surface area contributed by atoms with E-state index in [0.29, 0.717) is 5.56 Å². The van der Waals surface area contributed by atoms with Gasteiger partial charge in [-0.25, -0.2) is 4.68 Å². The molecule has 1 aromatic heterocycles. The van der Waals surface area contributed by atoms with E-state index in [9.17, 15) is 9.59 Å². The highest BCUT2D eigenvalue weighted by Crippen LogP contribution is 2.15. The highest BCUT2D eigenvalue weighted by atomic mass is 16.5. The molecule has 0 spiro atoms. The molecule has 2 rings (SSSR count). The number of rotatable bonds is 5. The molecule has 0 radical (unpaired) electrons. The van der Waals surface area contributed by atoms with Crippen molar-refractivity contribution in [2.24, 2.45) is 0 Å². The second kappa shape index (κ2) is 7.29. The molecule has 0 bridgehead atoms. The maximum absolute atomic E-state index is 12.7. The molecule has 1 amide bonds. The first-order valence-corrected chi connectivity index (χ1v) is 7.85. The number of benzene rings is 1. The van der Waals surface area contributed by atoms with Gasteiger partial charge in [0.25, 0.3) is 5.91 Å². The van der Waals surface area contributed by atoms with Crippen molar-refractivity contribution in [2.75, 3.05) is 13.7 Å². The van der Waals surface area contributed by atoms with Crippen molar-refractivity contribution in [2.45, 2.75) is 33.7 Å². The molecule has 0 fully saturated rings. The summed E-state index contributed by atoms with van der Waals surface area (Å²) in [5.41, 5.74) is 3.39. The summed E-state index contributed by atoms with van der Waals surface area (Å²) >= 11 is 0. The summed E-state index contributed by atoms with van der Waals surface area (Å²) in [7, 11) is 1.31. The van der Waals surface area contributed by atoms with Crippen LogP contribution in [-0.4, -0.2) is 46.3 Å². The van der Waals surface area contributed by atoms with Crippen LogP contribution in [0.2, 0.25) is 0 Å². The predicted molar refractivity (Wildman–Crippen MR) is 91.2 cm³/mol. The number of hydrogen-bond donors (Lipinski definition) is 0. The molecule has 0 aliphatic carbocycles. The Balaban J connectivity index is 2.24. The Labute approximate surface area is 142 Å². The molecule has 0 aliphatic heterocycles. The van der Waals surface area contributed by atoms with Gasteiger partial charge in [0, 0.05) is 17.3 Å². The lowest BCUT2D eigenvalue weighted by atomic mass is 10.1. The van der Waals surface area contributed by atoms with E-state index in [4.69, 9.17) is 0 Å². The Kier molecular flexibility index (Phi) is 5.39. The highest BCUT2D eigenvalue weighted by Gasteiger charge is 2.22. The Hall–Kier alpha value is -2.63. The minimum atomic E-state index is -0.434. The van der Waals surface area contributed by atoms with Gasteiger partial charge in [0.15, 0.2) is 0 Å².